The van der Waals surface area contributed by atoms with Crippen LogP contribution in [0.3, 0.4) is 0 Å². The molecule has 0 saturated heterocycles. The molecule has 0 bridgehead atoms. The third-order valence-electron chi connectivity index (χ3n) is 5.33. The summed E-state index contributed by atoms with van der Waals surface area (Å²) in [6.45, 7) is 0. The van der Waals surface area contributed by atoms with Crippen molar-refractivity contribution >= 4 is 41.0 Å². The van der Waals surface area contributed by atoms with E-state index in [1.807, 2.05) is 42.5 Å². The van der Waals surface area contributed by atoms with Crippen molar-refractivity contribution in [3.63, 3.8) is 0 Å². The Morgan fingerprint density at radius 3 is 2.24 bits per heavy atom. The Kier molecular flexibility index (Phi) is 5.57. The normalized spacial score (nSPS) is 14.5. The highest BCUT2D eigenvalue weighted by Gasteiger charge is 2.32. The summed E-state index contributed by atoms with van der Waals surface area (Å²) in [5, 5.41) is 15.6. The maximum absolute atomic E-state index is 13.4. The lowest BCUT2D eigenvalue weighted by molar-refractivity contribution is -0.114. The lowest BCUT2D eigenvalue weighted by Crippen LogP contribution is -2.21. The van der Waals surface area contributed by atoms with Crippen LogP contribution in [0.15, 0.2) is 106 Å². The van der Waals surface area contributed by atoms with Gasteiger partial charge in [-0.1, -0.05) is 54.1 Å². The molecule has 0 unspecified atom stereocenters. The number of amides is 1. The lowest BCUT2D eigenvalue weighted by Gasteiger charge is -2.10. The molecule has 34 heavy (non-hydrogen) atoms. The number of carbonyl (C=O) groups is 2. The van der Waals surface area contributed by atoms with Crippen LogP contribution >= 0.6 is 11.6 Å². The molecule has 0 aliphatic carbocycles. The van der Waals surface area contributed by atoms with Crippen molar-refractivity contribution in [2.75, 3.05) is 5.01 Å². The molecule has 7 heteroatoms. The zero-order chi connectivity index (χ0) is 23.7. The molecule has 1 aromatic heterocycles. The van der Waals surface area contributed by atoms with Gasteiger partial charge in [-0.15, -0.1) is 0 Å². The molecule has 4 aromatic rings. The monoisotopic (exact) mass is 468 g/mol. The van der Waals surface area contributed by atoms with Crippen molar-refractivity contribution in [3.05, 3.63) is 118 Å². The first-order valence-corrected chi connectivity index (χ1v) is 10.8. The summed E-state index contributed by atoms with van der Waals surface area (Å²) in [4.78, 5) is 24.4. The Labute approximate surface area is 200 Å². The topological polar surface area (TPSA) is 83.1 Å². The Hall–Kier alpha value is -4.42. The van der Waals surface area contributed by atoms with Gasteiger partial charge in [0.1, 0.15) is 17.2 Å². The summed E-state index contributed by atoms with van der Waals surface area (Å²) in [5.74, 6) is -0.246. The highest BCUT2D eigenvalue weighted by molar-refractivity contribution is 6.37. The average Bonchev–Trinajstić information content (AvgIpc) is 3.46. The Bertz CT molecular complexity index is 1440. The first-order chi connectivity index (χ1) is 16.5. The zero-order valence-corrected chi connectivity index (χ0v) is 18.4. The predicted octanol–water partition coefficient (Wildman–Crippen LogP) is 6.13. The Morgan fingerprint density at radius 1 is 0.882 bits per heavy atom. The van der Waals surface area contributed by atoms with Crippen molar-refractivity contribution in [1.82, 2.24) is 0 Å². The van der Waals surface area contributed by atoms with Crippen LogP contribution in [-0.4, -0.2) is 22.7 Å². The first kappa shape index (κ1) is 21.4. The fourth-order valence-corrected chi connectivity index (χ4v) is 3.74. The number of hydrazone groups is 1. The van der Waals surface area contributed by atoms with Gasteiger partial charge in [-0.05, 0) is 54.6 Å². The van der Waals surface area contributed by atoms with Crippen molar-refractivity contribution in [2.24, 2.45) is 5.10 Å². The fourth-order valence-electron chi connectivity index (χ4n) is 3.61. The minimum Gasteiger partial charge on any atom is -0.478 e. The molecule has 6 nitrogen and oxygen atoms in total. The highest BCUT2D eigenvalue weighted by Crippen LogP contribution is 2.30. The van der Waals surface area contributed by atoms with E-state index in [2.05, 4.69) is 5.10 Å². The smallest absolute Gasteiger partial charge is 0.335 e. The number of benzene rings is 3. The van der Waals surface area contributed by atoms with E-state index in [1.54, 1.807) is 42.5 Å². The molecule has 1 amide bonds. The predicted molar refractivity (Wildman–Crippen MR) is 131 cm³/mol. The van der Waals surface area contributed by atoms with Crippen molar-refractivity contribution in [2.45, 2.75) is 0 Å². The van der Waals surface area contributed by atoms with E-state index in [0.717, 1.165) is 11.1 Å². The number of carboxylic acids is 1. The van der Waals surface area contributed by atoms with Gasteiger partial charge in [0.05, 0.1) is 16.8 Å². The number of nitrogens with zero attached hydrogens (tertiary/aromatic N) is 2. The van der Waals surface area contributed by atoms with E-state index in [-0.39, 0.29) is 11.5 Å². The molecule has 1 aliphatic rings. The summed E-state index contributed by atoms with van der Waals surface area (Å²) >= 11 is 6.05. The SMILES string of the molecule is O=C(O)c1ccc(-c2ccc(C=C3C(=O)N(c4ccccc4)N=C3c3ccc(Cl)cc3)o2)cc1. The maximum Gasteiger partial charge on any atom is 0.335 e. The van der Waals surface area contributed by atoms with Gasteiger partial charge in [-0.3, -0.25) is 4.79 Å². The summed E-state index contributed by atoms with van der Waals surface area (Å²) in [7, 11) is 0. The van der Waals surface area contributed by atoms with Gasteiger partial charge in [0.15, 0.2) is 0 Å². The number of aromatic carboxylic acids is 1. The maximum atomic E-state index is 13.4. The van der Waals surface area contributed by atoms with Gasteiger partial charge in [0.2, 0.25) is 0 Å². The molecule has 166 valence electrons. The Morgan fingerprint density at radius 2 is 1.56 bits per heavy atom. The molecule has 5 rings (SSSR count). The molecule has 3 aromatic carbocycles. The van der Waals surface area contributed by atoms with Crippen LogP contribution in [0.5, 0.6) is 0 Å². The summed E-state index contributed by atoms with van der Waals surface area (Å²) in [5.41, 5.74) is 3.21. The van der Waals surface area contributed by atoms with Gasteiger partial charge >= 0.3 is 5.97 Å². The standard InChI is InChI=1S/C27H17ClN2O4/c28-20-12-10-18(11-13-20)25-23(26(31)30(29-25)21-4-2-1-3-5-21)16-22-14-15-24(34-22)17-6-8-19(9-7-17)27(32)33/h1-16H,(H,32,33). The van der Waals surface area contributed by atoms with Crippen molar-refractivity contribution < 1.29 is 19.1 Å². The van der Waals surface area contributed by atoms with Crippen LogP contribution < -0.4 is 5.01 Å². The van der Waals surface area contributed by atoms with Crippen LogP contribution in [0, 0.1) is 0 Å². The number of rotatable bonds is 5. The van der Waals surface area contributed by atoms with Crippen LogP contribution in [0.4, 0.5) is 5.69 Å². The number of hydrogen-bond acceptors (Lipinski definition) is 4. The van der Waals surface area contributed by atoms with E-state index >= 15 is 0 Å². The molecule has 1 N–H and O–H groups in total. The summed E-state index contributed by atoms with van der Waals surface area (Å²) in [6.07, 6.45) is 1.66. The van der Waals surface area contributed by atoms with Gasteiger partial charge in [-0.25, -0.2) is 4.79 Å². The molecule has 0 radical (unpaired) electrons. The van der Waals surface area contributed by atoms with Crippen LogP contribution in [0.1, 0.15) is 21.7 Å². The molecule has 0 saturated carbocycles. The molecule has 1 aliphatic heterocycles. The number of halogens is 1. The van der Waals surface area contributed by atoms with Gasteiger partial charge in [0.25, 0.3) is 5.91 Å². The first-order valence-electron chi connectivity index (χ1n) is 10.4. The van der Waals surface area contributed by atoms with E-state index in [9.17, 15) is 9.59 Å². The quantitative estimate of drug-likeness (QED) is 0.357. The second-order valence-corrected chi connectivity index (χ2v) is 7.99. The van der Waals surface area contributed by atoms with Gasteiger partial charge in [0, 0.05) is 16.1 Å². The largest absolute Gasteiger partial charge is 0.478 e. The number of anilines is 1. The lowest BCUT2D eigenvalue weighted by atomic mass is 10.0. The van der Waals surface area contributed by atoms with Crippen LogP contribution in [0.25, 0.3) is 17.4 Å². The second kappa shape index (κ2) is 8.84. The zero-order valence-electron chi connectivity index (χ0n) is 17.7. The molecule has 0 fully saturated rings. The van der Waals surface area contributed by atoms with Crippen LogP contribution in [0.2, 0.25) is 5.02 Å². The summed E-state index contributed by atoms with van der Waals surface area (Å²) in [6, 6.07) is 26.2. The average molecular weight is 469 g/mol. The summed E-state index contributed by atoms with van der Waals surface area (Å²) < 4.78 is 5.95. The number of furan rings is 1. The minimum atomic E-state index is -0.992. The third-order valence-corrected chi connectivity index (χ3v) is 5.58. The number of para-hydroxylation sites is 1. The number of hydrogen-bond donors (Lipinski definition) is 1. The number of carboxylic acid groups (broad SMARTS) is 1. The van der Waals surface area contributed by atoms with Gasteiger partial charge < -0.3 is 9.52 Å². The highest BCUT2D eigenvalue weighted by atomic mass is 35.5. The van der Waals surface area contributed by atoms with E-state index in [4.69, 9.17) is 21.1 Å². The molecule has 0 spiro atoms. The molecular formula is C27H17ClN2O4. The van der Waals surface area contributed by atoms with E-state index < -0.39 is 5.97 Å². The van der Waals surface area contributed by atoms with Crippen LogP contribution in [-0.2, 0) is 4.79 Å². The van der Waals surface area contributed by atoms with E-state index in [0.29, 0.717) is 33.5 Å². The third kappa shape index (κ3) is 4.14. The molecule has 2 heterocycles. The fraction of sp³-hybridized carbons (Fsp3) is 0. The molecule has 0 atom stereocenters. The minimum absolute atomic E-state index is 0.194. The molecular weight excluding hydrogens is 452 g/mol. The van der Waals surface area contributed by atoms with Crippen molar-refractivity contribution in [1.29, 1.82) is 0 Å². The second-order valence-electron chi connectivity index (χ2n) is 7.55. The number of carbonyl (C=O) groups excluding carboxylic acids is 1. The van der Waals surface area contributed by atoms with Gasteiger partial charge in [-0.2, -0.15) is 10.1 Å². The van der Waals surface area contributed by atoms with Crippen molar-refractivity contribution in [3.8, 4) is 11.3 Å². The van der Waals surface area contributed by atoms with E-state index in [1.165, 1.54) is 17.1 Å². The Balaban J connectivity index is 1.52.